The summed E-state index contributed by atoms with van der Waals surface area (Å²) in [5.74, 6) is 0.750. The molecule has 1 aliphatic heterocycles. The SMILES string of the molecule is O=C(Nc1cccc2ccccc12)c1ccc(N2C(=O)[C@H]3[C@@H]4C=C[C@H]([C@H]5C[C@H]45)[C@@H]3C2=O)cc1. The molecule has 2 bridgehead atoms. The van der Waals surface area contributed by atoms with Crippen LogP contribution in [0.4, 0.5) is 11.4 Å². The number of anilines is 2. The Kier molecular flexibility index (Phi) is 3.78. The number of amides is 3. The standard InChI is InChI=1S/C28H22N2O3/c31-26(29-23-7-3-5-15-4-1-2-6-18(15)23)16-8-10-17(11-9-16)30-27(32)24-19-12-13-20(22-14-21(19)22)25(24)28(30)33/h1-13,19-22,24-25H,14H2,(H,29,31)/t19-,20-,21-,22-,24+,25+/m1/s1. The Morgan fingerprint density at radius 2 is 1.42 bits per heavy atom. The van der Waals surface area contributed by atoms with E-state index in [-0.39, 0.29) is 41.4 Å². The monoisotopic (exact) mass is 434 g/mol. The average molecular weight is 434 g/mol. The van der Waals surface area contributed by atoms with Crippen LogP contribution in [-0.4, -0.2) is 17.7 Å². The molecule has 5 aliphatic rings. The van der Waals surface area contributed by atoms with E-state index in [1.807, 2.05) is 42.5 Å². The number of nitrogens with zero attached hydrogens (tertiary/aromatic N) is 1. The Labute approximate surface area is 191 Å². The van der Waals surface area contributed by atoms with E-state index in [1.54, 1.807) is 24.3 Å². The highest BCUT2D eigenvalue weighted by molar-refractivity contribution is 6.23. The lowest BCUT2D eigenvalue weighted by Gasteiger charge is -2.37. The number of rotatable bonds is 3. The highest BCUT2D eigenvalue weighted by atomic mass is 16.2. The number of carbonyl (C=O) groups excluding carboxylic acids is 3. The summed E-state index contributed by atoms with van der Waals surface area (Å²) in [6.07, 6.45) is 5.50. The van der Waals surface area contributed by atoms with Crippen LogP contribution in [0.1, 0.15) is 16.8 Å². The minimum atomic E-state index is -0.229. The molecule has 0 spiro atoms. The Balaban J connectivity index is 1.14. The third kappa shape index (κ3) is 2.62. The first kappa shape index (κ1) is 18.8. The first-order chi connectivity index (χ1) is 16.1. The number of nitrogens with one attached hydrogen (secondary N) is 1. The van der Waals surface area contributed by atoms with Crippen molar-refractivity contribution < 1.29 is 14.4 Å². The van der Waals surface area contributed by atoms with Gasteiger partial charge >= 0.3 is 0 Å². The van der Waals surface area contributed by atoms with Gasteiger partial charge in [-0.15, -0.1) is 0 Å². The number of benzene rings is 3. The summed E-state index contributed by atoms with van der Waals surface area (Å²) in [5.41, 5.74) is 1.78. The number of hydrogen-bond donors (Lipinski definition) is 1. The molecule has 5 heteroatoms. The number of carbonyl (C=O) groups is 3. The van der Waals surface area contributed by atoms with Gasteiger partial charge in [-0.2, -0.15) is 0 Å². The van der Waals surface area contributed by atoms with Gasteiger partial charge in [0.2, 0.25) is 11.8 Å². The molecule has 1 saturated heterocycles. The van der Waals surface area contributed by atoms with Crippen LogP contribution in [0.25, 0.3) is 10.8 Å². The van der Waals surface area contributed by atoms with Gasteiger partial charge in [0.15, 0.2) is 0 Å². The van der Waals surface area contributed by atoms with E-state index in [4.69, 9.17) is 0 Å². The summed E-state index contributed by atoms with van der Waals surface area (Å²) in [7, 11) is 0. The molecule has 0 unspecified atom stereocenters. The molecule has 3 amide bonds. The zero-order chi connectivity index (χ0) is 22.3. The second kappa shape index (κ2) is 6.64. The van der Waals surface area contributed by atoms with Crippen molar-refractivity contribution in [2.45, 2.75) is 6.42 Å². The normalized spacial score (nSPS) is 31.0. The Hall–Kier alpha value is -3.73. The maximum absolute atomic E-state index is 13.3. The van der Waals surface area contributed by atoms with Crippen molar-refractivity contribution in [2.24, 2.45) is 35.5 Å². The fourth-order valence-electron chi connectivity index (χ4n) is 6.50. The van der Waals surface area contributed by atoms with Gasteiger partial charge in [0.25, 0.3) is 5.91 Å². The summed E-state index contributed by atoms with van der Waals surface area (Å²) in [6, 6.07) is 20.5. The van der Waals surface area contributed by atoms with Crippen LogP contribution in [0.3, 0.4) is 0 Å². The van der Waals surface area contributed by atoms with Crippen LogP contribution in [0.5, 0.6) is 0 Å². The van der Waals surface area contributed by atoms with Crippen molar-refractivity contribution in [3.63, 3.8) is 0 Å². The van der Waals surface area contributed by atoms with Crippen LogP contribution in [0.2, 0.25) is 0 Å². The van der Waals surface area contributed by atoms with E-state index in [0.717, 1.165) is 22.9 Å². The Morgan fingerprint density at radius 1 is 0.788 bits per heavy atom. The van der Waals surface area contributed by atoms with Crippen molar-refractivity contribution in [1.82, 2.24) is 0 Å². The zero-order valence-electron chi connectivity index (χ0n) is 17.8. The van der Waals surface area contributed by atoms with Gasteiger partial charge in [-0.25, -0.2) is 0 Å². The molecule has 0 aromatic heterocycles. The molecule has 4 aliphatic carbocycles. The highest BCUT2D eigenvalue weighted by Crippen LogP contribution is 2.65. The predicted octanol–water partition coefficient (Wildman–Crippen LogP) is 4.65. The van der Waals surface area contributed by atoms with Gasteiger partial charge in [-0.05, 0) is 65.8 Å². The van der Waals surface area contributed by atoms with E-state index >= 15 is 0 Å². The lowest BCUT2D eigenvalue weighted by atomic mass is 9.63. The van der Waals surface area contributed by atoms with Gasteiger partial charge < -0.3 is 5.32 Å². The number of hydrogen-bond acceptors (Lipinski definition) is 3. The second-order valence-electron chi connectivity index (χ2n) is 9.69. The van der Waals surface area contributed by atoms with Crippen LogP contribution in [0, 0.1) is 35.5 Å². The fraction of sp³-hybridized carbons (Fsp3) is 0.250. The molecule has 0 radical (unpaired) electrons. The summed E-state index contributed by atoms with van der Waals surface area (Å²) in [4.78, 5) is 40.8. The second-order valence-corrected chi connectivity index (χ2v) is 9.69. The van der Waals surface area contributed by atoms with E-state index in [1.165, 1.54) is 4.90 Å². The van der Waals surface area contributed by atoms with Crippen LogP contribution in [-0.2, 0) is 9.59 Å². The lowest BCUT2D eigenvalue weighted by Crippen LogP contribution is -2.40. The van der Waals surface area contributed by atoms with Crippen molar-refractivity contribution in [1.29, 1.82) is 0 Å². The van der Waals surface area contributed by atoms with E-state index in [9.17, 15) is 14.4 Å². The van der Waals surface area contributed by atoms with Gasteiger partial charge in [-0.3, -0.25) is 19.3 Å². The average Bonchev–Trinajstić information content (AvgIpc) is 3.63. The Bertz CT molecular complexity index is 1330. The summed E-state index contributed by atoms with van der Waals surface area (Å²) < 4.78 is 0. The van der Waals surface area contributed by atoms with Crippen molar-refractivity contribution >= 4 is 39.9 Å². The minimum absolute atomic E-state index is 0.0809. The van der Waals surface area contributed by atoms with Gasteiger partial charge in [0.1, 0.15) is 0 Å². The molecular weight excluding hydrogens is 412 g/mol. The topological polar surface area (TPSA) is 66.5 Å². The summed E-state index contributed by atoms with van der Waals surface area (Å²) in [5, 5.41) is 5.01. The zero-order valence-corrected chi connectivity index (χ0v) is 17.8. The third-order valence-electron chi connectivity index (χ3n) is 8.09. The molecular formula is C28H22N2O3. The first-order valence-corrected chi connectivity index (χ1v) is 11.6. The summed E-state index contributed by atoms with van der Waals surface area (Å²) in [6.45, 7) is 0. The maximum Gasteiger partial charge on any atom is 0.255 e. The van der Waals surface area contributed by atoms with Crippen LogP contribution in [0.15, 0.2) is 78.9 Å². The van der Waals surface area contributed by atoms with Gasteiger partial charge in [-0.1, -0.05) is 48.6 Å². The van der Waals surface area contributed by atoms with Gasteiger partial charge in [0, 0.05) is 16.6 Å². The molecule has 3 aromatic rings. The van der Waals surface area contributed by atoms with Crippen molar-refractivity contribution in [3.8, 4) is 0 Å². The number of allylic oxidation sites excluding steroid dienone is 2. The molecule has 3 fully saturated rings. The molecule has 3 aromatic carbocycles. The summed E-state index contributed by atoms with van der Waals surface area (Å²) >= 11 is 0. The highest BCUT2D eigenvalue weighted by Gasteiger charge is 2.67. The van der Waals surface area contributed by atoms with E-state index in [2.05, 4.69) is 17.5 Å². The smallest absolute Gasteiger partial charge is 0.255 e. The van der Waals surface area contributed by atoms with E-state index < -0.39 is 0 Å². The lowest BCUT2D eigenvalue weighted by molar-refractivity contribution is -0.124. The molecule has 5 nitrogen and oxygen atoms in total. The molecule has 8 rings (SSSR count). The predicted molar refractivity (Wildman–Crippen MR) is 126 cm³/mol. The Morgan fingerprint density at radius 3 is 2.12 bits per heavy atom. The fourth-order valence-corrected chi connectivity index (χ4v) is 6.50. The van der Waals surface area contributed by atoms with Crippen LogP contribution < -0.4 is 10.2 Å². The van der Waals surface area contributed by atoms with E-state index in [0.29, 0.717) is 23.1 Å². The number of imide groups is 1. The van der Waals surface area contributed by atoms with Gasteiger partial charge in [0.05, 0.1) is 17.5 Å². The molecule has 6 atom stereocenters. The van der Waals surface area contributed by atoms with Crippen molar-refractivity contribution in [2.75, 3.05) is 10.2 Å². The largest absolute Gasteiger partial charge is 0.321 e. The first-order valence-electron chi connectivity index (χ1n) is 11.6. The molecule has 1 heterocycles. The third-order valence-corrected chi connectivity index (χ3v) is 8.09. The number of fused-ring (bicyclic) bond motifs is 1. The minimum Gasteiger partial charge on any atom is -0.321 e. The molecule has 33 heavy (non-hydrogen) atoms. The quantitative estimate of drug-likeness (QED) is 0.482. The maximum atomic E-state index is 13.3. The van der Waals surface area contributed by atoms with Crippen molar-refractivity contribution in [3.05, 3.63) is 84.4 Å². The molecule has 1 N–H and O–H groups in total. The molecule has 2 saturated carbocycles. The molecule has 162 valence electrons. The van der Waals surface area contributed by atoms with Crippen LogP contribution >= 0.6 is 0 Å².